The zero-order valence-corrected chi connectivity index (χ0v) is 9.76. The van der Waals surface area contributed by atoms with Gasteiger partial charge >= 0.3 is 0 Å². The van der Waals surface area contributed by atoms with Gasteiger partial charge in [0, 0.05) is 25.4 Å². The largest absolute Gasteiger partial charge is 0.338 e. The Morgan fingerprint density at radius 3 is 3.00 bits per heavy atom. The smallest absolute Gasteiger partial charge is 0.148 e. The number of imidazole rings is 1. The zero-order valence-electron chi connectivity index (χ0n) is 9.76. The number of benzene rings is 1. The van der Waals surface area contributed by atoms with Gasteiger partial charge in [-0.3, -0.25) is 4.79 Å². The van der Waals surface area contributed by atoms with Crippen LogP contribution in [0.25, 0.3) is 0 Å². The van der Waals surface area contributed by atoms with E-state index in [-0.39, 0.29) is 11.7 Å². The van der Waals surface area contributed by atoms with E-state index in [1.165, 1.54) is 11.1 Å². The molecular formula is C14H14N2O. The second kappa shape index (κ2) is 3.84. The van der Waals surface area contributed by atoms with Crippen molar-refractivity contribution in [3.05, 3.63) is 53.6 Å². The standard InChI is InChI=1S/C14H14N2O/c1-16-7-6-15-14(16)9-13(17)12-8-10-4-2-3-5-11(10)12/h2-7,12H,8-9H2,1H3. The van der Waals surface area contributed by atoms with E-state index in [0.717, 1.165) is 12.2 Å². The molecule has 0 spiro atoms. The van der Waals surface area contributed by atoms with Crippen LogP contribution in [-0.2, 0) is 24.7 Å². The fraction of sp³-hybridized carbons (Fsp3) is 0.286. The molecule has 86 valence electrons. The van der Waals surface area contributed by atoms with Crippen molar-refractivity contribution in [3.8, 4) is 0 Å². The second-order valence-electron chi connectivity index (χ2n) is 4.55. The van der Waals surface area contributed by atoms with Crippen molar-refractivity contribution in [1.29, 1.82) is 0 Å². The molecule has 0 amide bonds. The molecule has 1 atom stereocenters. The van der Waals surface area contributed by atoms with Crippen LogP contribution in [0, 0.1) is 0 Å². The minimum Gasteiger partial charge on any atom is -0.338 e. The zero-order chi connectivity index (χ0) is 11.8. The van der Waals surface area contributed by atoms with Crippen molar-refractivity contribution < 1.29 is 4.79 Å². The summed E-state index contributed by atoms with van der Waals surface area (Å²) in [5.74, 6) is 1.21. The maximum Gasteiger partial charge on any atom is 0.148 e. The van der Waals surface area contributed by atoms with Gasteiger partial charge in [-0.1, -0.05) is 24.3 Å². The number of Topliss-reactive ketones (excluding diaryl/α,β-unsaturated/α-hetero) is 1. The van der Waals surface area contributed by atoms with Crippen LogP contribution >= 0.6 is 0 Å². The molecule has 3 rings (SSSR count). The van der Waals surface area contributed by atoms with E-state index in [4.69, 9.17) is 0 Å². The van der Waals surface area contributed by atoms with E-state index in [2.05, 4.69) is 17.1 Å². The molecule has 1 aliphatic carbocycles. The Hall–Kier alpha value is -1.90. The van der Waals surface area contributed by atoms with Gasteiger partial charge in [0.25, 0.3) is 0 Å². The third-order valence-corrected chi connectivity index (χ3v) is 3.50. The molecule has 3 heteroatoms. The molecule has 1 aromatic carbocycles. The highest BCUT2D eigenvalue weighted by Gasteiger charge is 2.31. The Kier molecular flexibility index (Phi) is 2.32. The topological polar surface area (TPSA) is 34.9 Å². The molecule has 0 fully saturated rings. The summed E-state index contributed by atoms with van der Waals surface area (Å²) in [6.45, 7) is 0. The lowest BCUT2D eigenvalue weighted by Crippen LogP contribution is -2.27. The van der Waals surface area contributed by atoms with Crippen LogP contribution in [0.3, 0.4) is 0 Å². The summed E-state index contributed by atoms with van der Waals surface area (Å²) in [7, 11) is 1.92. The van der Waals surface area contributed by atoms with Crippen molar-refractivity contribution in [2.45, 2.75) is 18.8 Å². The van der Waals surface area contributed by atoms with Gasteiger partial charge in [-0.15, -0.1) is 0 Å². The quantitative estimate of drug-likeness (QED) is 0.800. The Bertz CT molecular complexity index is 571. The third-order valence-electron chi connectivity index (χ3n) is 3.50. The van der Waals surface area contributed by atoms with Crippen LogP contribution in [0.5, 0.6) is 0 Å². The second-order valence-corrected chi connectivity index (χ2v) is 4.55. The average molecular weight is 226 g/mol. The lowest BCUT2D eigenvalue weighted by Gasteiger charge is -2.28. The molecule has 0 saturated carbocycles. The van der Waals surface area contributed by atoms with Crippen LogP contribution < -0.4 is 0 Å². The molecule has 0 saturated heterocycles. The van der Waals surface area contributed by atoms with E-state index in [0.29, 0.717) is 6.42 Å². The molecular weight excluding hydrogens is 212 g/mol. The predicted molar refractivity (Wildman–Crippen MR) is 64.8 cm³/mol. The average Bonchev–Trinajstić information content (AvgIpc) is 2.66. The van der Waals surface area contributed by atoms with E-state index in [9.17, 15) is 4.79 Å². The van der Waals surface area contributed by atoms with Crippen LogP contribution in [0.4, 0.5) is 0 Å². The fourth-order valence-corrected chi connectivity index (χ4v) is 2.39. The van der Waals surface area contributed by atoms with Gasteiger partial charge in [-0.05, 0) is 17.5 Å². The fourth-order valence-electron chi connectivity index (χ4n) is 2.39. The lowest BCUT2D eigenvalue weighted by molar-refractivity contribution is -0.120. The number of nitrogens with zero attached hydrogens (tertiary/aromatic N) is 2. The minimum atomic E-state index is 0.0860. The summed E-state index contributed by atoms with van der Waals surface area (Å²) < 4.78 is 1.91. The summed E-state index contributed by atoms with van der Waals surface area (Å²) in [6, 6.07) is 8.18. The van der Waals surface area contributed by atoms with Gasteiger partial charge in [0.1, 0.15) is 11.6 Å². The lowest BCUT2D eigenvalue weighted by atomic mass is 9.74. The first kappa shape index (κ1) is 10.3. The van der Waals surface area contributed by atoms with Crippen molar-refractivity contribution in [1.82, 2.24) is 9.55 Å². The highest BCUT2D eigenvalue weighted by atomic mass is 16.1. The van der Waals surface area contributed by atoms with Gasteiger partial charge in [-0.25, -0.2) is 4.98 Å². The summed E-state index contributed by atoms with van der Waals surface area (Å²) in [4.78, 5) is 16.3. The third kappa shape index (κ3) is 1.68. The van der Waals surface area contributed by atoms with Crippen molar-refractivity contribution in [2.24, 2.45) is 7.05 Å². The number of carbonyl (C=O) groups is 1. The van der Waals surface area contributed by atoms with Crippen molar-refractivity contribution >= 4 is 5.78 Å². The van der Waals surface area contributed by atoms with Gasteiger partial charge in [0.2, 0.25) is 0 Å². The maximum atomic E-state index is 12.2. The molecule has 1 aliphatic rings. The number of rotatable bonds is 3. The normalized spacial score (nSPS) is 17.4. The summed E-state index contributed by atoms with van der Waals surface area (Å²) in [6.07, 6.45) is 4.93. The maximum absolute atomic E-state index is 12.2. The van der Waals surface area contributed by atoms with Crippen LogP contribution in [0.15, 0.2) is 36.7 Å². The number of ketones is 1. The first-order valence-electron chi connectivity index (χ1n) is 5.82. The Morgan fingerprint density at radius 2 is 2.29 bits per heavy atom. The van der Waals surface area contributed by atoms with Crippen LogP contribution in [0.2, 0.25) is 0 Å². The van der Waals surface area contributed by atoms with Crippen molar-refractivity contribution in [2.75, 3.05) is 0 Å². The Labute approximate surface area is 100 Å². The molecule has 0 bridgehead atoms. The van der Waals surface area contributed by atoms with Crippen LogP contribution in [0.1, 0.15) is 22.9 Å². The molecule has 0 N–H and O–H groups in total. The molecule has 3 nitrogen and oxygen atoms in total. The number of hydrogen-bond acceptors (Lipinski definition) is 2. The highest BCUT2D eigenvalue weighted by Crippen LogP contribution is 2.35. The van der Waals surface area contributed by atoms with Gasteiger partial charge in [0.05, 0.1) is 6.42 Å². The van der Waals surface area contributed by atoms with Crippen LogP contribution in [-0.4, -0.2) is 15.3 Å². The molecule has 1 aromatic heterocycles. The van der Waals surface area contributed by atoms with Gasteiger partial charge < -0.3 is 4.57 Å². The molecule has 0 radical (unpaired) electrons. The summed E-state index contributed by atoms with van der Waals surface area (Å²) in [5.41, 5.74) is 2.51. The summed E-state index contributed by atoms with van der Waals surface area (Å²) >= 11 is 0. The molecule has 0 aliphatic heterocycles. The first-order valence-corrected chi connectivity index (χ1v) is 5.82. The van der Waals surface area contributed by atoms with Crippen molar-refractivity contribution in [3.63, 3.8) is 0 Å². The number of fused-ring (bicyclic) bond motifs is 1. The number of aryl methyl sites for hydroxylation is 1. The molecule has 17 heavy (non-hydrogen) atoms. The first-order chi connectivity index (χ1) is 8.25. The van der Waals surface area contributed by atoms with Gasteiger partial charge in [-0.2, -0.15) is 0 Å². The Balaban J connectivity index is 1.76. The minimum absolute atomic E-state index is 0.0860. The molecule has 1 unspecified atom stereocenters. The Morgan fingerprint density at radius 1 is 1.47 bits per heavy atom. The monoisotopic (exact) mass is 226 g/mol. The number of carbonyl (C=O) groups excluding carboxylic acids is 1. The highest BCUT2D eigenvalue weighted by molar-refractivity contribution is 5.89. The number of aromatic nitrogens is 2. The van der Waals surface area contributed by atoms with E-state index < -0.39 is 0 Å². The number of hydrogen-bond donors (Lipinski definition) is 0. The van der Waals surface area contributed by atoms with E-state index in [1.54, 1.807) is 6.20 Å². The molecule has 1 heterocycles. The van der Waals surface area contributed by atoms with E-state index >= 15 is 0 Å². The molecule has 2 aromatic rings. The van der Waals surface area contributed by atoms with E-state index in [1.807, 2.05) is 29.9 Å². The predicted octanol–water partition coefficient (Wildman–Crippen LogP) is 1.87. The summed E-state index contributed by atoms with van der Waals surface area (Å²) in [5, 5.41) is 0. The SMILES string of the molecule is Cn1ccnc1CC(=O)C1Cc2ccccc21. The van der Waals surface area contributed by atoms with Gasteiger partial charge in [0.15, 0.2) is 0 Å².